The molecule has 1 unspecified atom stereocenters. The fourth-order valence-electron chi connectivity index (χ4n) is 2.69. The Hall–Kier alpha value is -2.76. The van der Waals surface area contributed by atoms with E-state index in [4.69, 9.17) is 11.6 Å². The summed E-state index contributed by atoms with van der Waals surface area (Å²) in [5.74, 6) is -0.218. The largest absolute Gasteiger partial charge is 0.326 e. The van der Waals surface area contributed by atoms with E-state index in [0.29, 0.717) is 22.8 Å². The Bertz CT molecular complexity index is 995. The maximum atomic E-state index is 12.5. The number of benzene rings is 3. The van der Waals surface area contributed by atoms with Crippen LogP contribution in [-0.4, -0.2) is 17.1 Å². The molecule has 0 saturated carbocycles. The third-order valence-corrected chi connectivity index (χ3v) is 5.56. The zero-order valence-electron chi connectivity index (χ0n) is 15.9. The Balaban J connectivity index is 1.58. The molecule has 0 aliphatic carbocycles. The van der Waals surface area contributed by atoms with Gasteiger partial charge in [0, 0.05) is 10.6 Å². The van der Waals surface area contributed by atoms with E-state index in [1.54, 1.807) is 12.1 Å². The fourth-order valence-corrected chi connectivity index (χ4v) is 3.80. The van der Waals surface area contributed by atoms with E-state index < -0.39 is 0 Å². The van der Waals surface area contributed by atoms with Gasteiger partial charge < -0.3 is 10.6 Å². The number of hydrogen-bond acceptors (Lipinski definition) is 3. The molecule has 0 aliphatic rings. The lowest BCUT2D eigenvalue weighted by Crippen LogP contribution is -2.22. The summed E-state index contributed by atoms with van der Waals surface area (Å²) in [4.78, 5) is 25.6. The lowest BCUT2D eigenvalue weighted by atomic mass is 10.1. The van der Waals surface area contributed by atoms with Crippen molar-refractivity contribution in [3.05, 3.63) is 89.4 Å². The number of halogens is 1. The molecule has 0 bridgehead atoms. The van der Waals surface area contributed by atoms with E-state index in [9.17, 15) is 9.59 Å². The topological polar surface area (TPSA) is 58.2 Å². The van der Waals surface area contributed by atoms with Crippen LogP contribution in [0.25, 0.3) is 0 Å². The van der Waals surface area contributed by atoms with Gasteiger partial charge in [0.1, 0.15) is 0 Å². The van der Waals surface area contributed by atoms with Crippen LogP contribution in [0.2, 0.25) is 5.02 Å². The number of carbonyl (C=O) groups excluding carboxylic acids is 2. The highest BCUT2D eigenvalue weighted by atomic mass is 35.5. The molecule has 0 spiro atoms. The van der Waals surface area contributed by atoms with Crippen LogP contribution in [0.15, 0.2) is 83.8 Å². The molecule has 3 aromatic rings. The highest BCUT2D eigenvalue weighted by molar-refractivity contribution is 8.00. The van der Waals surface area contributed by atoms with Crippen LogP contribution in [0.1, 0.15) is 12.5 Å². The number of amides is 2. The van der Waals surface area contributed by atoms with Crippen molar-refractivity contribution in [3.63, 3.8) is 0 Å². The van der Waals surface area contributed by atoms with Gasteiger partial charge in [-0.05, 0) is 42.8 Å². The standard InChI is InChI=1S/C23H21ClN2O2S/c1-16(23(28)26-21-13-6-5-12-20(21)24)29-19-11-7-10-18(15-19)25-22(27)14-17-8-3-2-4-9-17/h2-13,15-16H,14H2,1H3,(H,25,27)(H,26,28). The average molecular weight is 425 g/mol. The third-order valence-electron chi connectivity index (χ3n) is 4.14. The number of para-hydroxylation sites is 1. The van der Waals surface area contributed by atoms with Crippen LogP contribution in [0.5, 0.6) is 0 Å². The summed E-state index contributed by atoms with van der Waals surface area (Å²) in [6.45, 7) is 1.83. The molecule has 6 heteroatoms. The fraction of sp³-hybridized carbons (Fsp3) is 0.130. The van der Waals surface area contributed by atoms with Gasteiger partial charge in [0.05, 0.1) is 22.4 Å². The van der Waals surface area contributed by atoms with E-state index in [-0.39, 0.29) is 17.1 Å². The first-order valence-electron chi connectivity index (χ1n) is 9.17. The lowest BCUT2D eigenvalue weighted by Gasteiger charge is -2.14. The van der Waals surface area contributed by atoms with E-state index >= 15 is 0 Å². The average Bonchev–Trinajstić information content (AvgIpc) is 2.70. The van der Waals surface area contributed by atoms with Gasteiger partial charge in [0.25, 0.3) is 0 Å². The predicted octanol–water partition coefficient (Wildman–Crippen LogP) is 5.64. The number of rotatable bonds is 7. The zero-order chi connectivity index (χ0) is 20.6. The Morgan fingerprint density at radius 3 is 2.41 bits per heavy atom. The first-order chi connectivity index (χ1) is 14.0. The van der Waals surface area contributed by atoms with Gasteiger partial charge in [-0.15, -0.1) is 11.8 Å². The monoisotopic (exact) mass is 424 g/mol. The molecular formula is C23H21ClN2O2S. The van der Waals surface area contributed by atoms with Crippen LogP contribution < -0.4 is 10.6 Å². The SMILES string of the molecule is CC(Sc1cccc(NC(=O)Cc2ccccc2)c1)C(=O)Nc1ccccc1Cl. The highest BCUT2D eigenvalue weighted by Crippen LogP contribution is 2.28. The van der Waals surface area contributed by atoms with E-state index in [0.717, 1.165) is 10.5 Å². The van der Waals surface area contributed by atoms with Gasteiger partial charge in [-0.25, -0.2) is 0 Å². The van der Waals surface area contributed by atoms with Gasteiger partial charge in [-0.3, -0.25) is 9.59 Å². The summed E-state index contributed by atoms with van der Waals surface area (Å²) >= 11 is 7.51. The van der Waals surface area contributed by atoms with Crippen LogP contribution in [0, 0.1) is 0 Å². The van der Waals surface area contributed by atoms with Crippen molar-refractivity contribution in [1.82, 2.24) is 0 Å². The summed E-state index contributed by atoms with van der Waals surface area (Å²) < 4.78 is 0. The van der Waals surface area contributed by atoms with E-state index in [2.05, 4.69) is 10.6 Å². The summed E-state index contributed by atoms with van der Waals surface area (Å²) in [5, 5.41) is 5.92. The van der Waals surface area contributed by atoms with E-state index in [1.807, 2.05) is 73.7 Å². The van der Waals surface area contributed by atoms with Crippen LogP contribution in [0.4, 0.5) is 11.4 Å². The molecule has 2 N–H and O–H groups in total. The number of thioether (sulfide) groups is 1. The number of carbonyl (C=O) groups is 2. The normalized spacial score (nSPS) is 11.5. The van der Waals surface area contributed by atoms with Gasteiger partial charge in [0.15, 0.2) is 0 Å². The lowest BCUT2D eigenvalue weighted by molar-refractivity contribution is -0.116. The maximum absolute atomic E-state index is 12.5. The second-order valence-electron chi connectivity index (χ2n) is 6.47. The van der Waals surface area contributed by atoms with Crippen LogP contribution >= 0.6 is 23.4 Å². The predicted molar refractivity (Wildman–Crippen MR) is 121 cm³/mol. The third kappa shape index (κ3) is 6.38. The van der Waals surface area contributed by atoms with Crippen LogP contribution in [-0.2, 0) is 16.0 Å². The highest BCUT2D eigenvalue weighted by Gasteiger charge is 2.16. The minimum Gasteiger partial charge on any atom is -0.326 e. The Morgan fingerprint density at radius 2 is 1.66 bits per heavy atom. The Kier molecular flexibility index (Phi) is 7.33. The minimum atomic E-state index is -0.332. The van der Waals surface area contributed by atoms with Crippen molar-refractivity contribution < 1.29 is 9.59 Å². The smallest absolute Gasteiger partial charge is 0.237 e. The molecule has 0 saturated heterocycles. The molecule has 2 amide bonds. The molecule has 0 radical (unpaired) electrons. The number of nitrogens with one attached hydrogen (secondary N) is 2. The first kappa shape index (κ1) is 21.0. The number of anilines is 2. The van der Waals surface area contributed by atoms with Crippen molar-refractivity contribution in [2.75, 3.05) is 10.6 Å². The Labute approximate surface area is 179 Å². The molecule has 0 heterocycles. The number of hydrogen-bond donors (Lipinski definition) is 2. The summed E-state index contributed by atoms with van der Waals surface area (Å²) in [7, 11) is 0. The minimum absolute atomic E-state index is 0.0807. The molecule has 3 aromatic carbocycles. The van der Waals surface area contributed by atoms with Gasteiger partial charge in [-0.1, -0.05) is 60.1 Å². The molecule has 0 fully saturated rings. The van der Waals surface area contributed by atoms with Crippen molar-refractivity contribution in [1.29, 1.82) is 0 Å². The van der Waals surface area contributed by atoms with Gasteiger partial charge >= 0.3 is 0 Å². The molecule has 0 aromatic heterocycles. The Morgan fingerprint density at radius 1 is 0.931 bits per heavy atom. The first-order valence-corrected chi connectivity index (χ1v) is 10.4. The van der Waals surface area contributed by atoms with Crippen molar-refractivity contribution in [2.45, 2.75) is 23.5 Å². The van der Waals surface area contributed by atoms with Gasteiger partial charge in [0.2, 0.25) is 11.8 Å². The quantitative estimate of drug-likeness (QED) is 0.482. The summed E-state index contributed by atoms with van der Waals surface area (Å²) in [5.41, 5.74) is 2.25. The second-order valence-corrected chi connectivity index (χ2v) is 8.29. The molecule has 0 aliphatic heterocycles. The second kappa shape index (κ2) is 10.1. The maximum Gasteiger partial charge on any atom is 0.237 e. The molecular weight excluding hydrogens is 404 g/mol. The summed E-state index contributed by atoms with van der Waals surface area (Å²) in [6.07, 6.45) is 0.314. The zero-order valence-corrected chi connectivity index (χ0v) is 17.5. The molecule has 148 valence electrons. The molecule has 3 rings (SSSR count). The van der Waals surface area contributed by atoms with Crippen LogP contribution in [0.3, 0.4) is 0 Å². The van der Waals surface area contributed by atoms with Crippen molar-refractivity contribution >= 4 is 46.6 Å². The van der Waals surface area contributed by atoms with Crippen molar-refractivity contribution in [3.8, 4) is 0 Å². The van der Waals surface area contributed by atoms with Gasteiger partial charge in [-0.2, -0.15) is 0 Å². The van der Waals surface area contributed by atoms with E-state index in [1.165, 1.54) is 11.8 Å². The van der Waals surface area contributed by atoms with Crippen molar-refractivity contribution in [2.24, 2.45) is 0 Å². The molecule has 29 heavy (non-hydrogen) atoms. The molecule has 4 nitrogen and oxygen atoms in total. The molecule has 1 atom stereocenters. The summed E-state index contributed by atoms with van der Waals surface area (Å²) in [6, 6.07) is 24.2.